The van der Waals surface area contributed by atoms with Crippen molar-refractivity contribution in [2.75, 3.05) is 13.4 Å². The highest BCUT2D eigenvalue weighted by atomic mass is 32.2. The zero-order chi connectivity index (χ0) is 16.7. The molecule has 0 spiro atoms. The molecule has 0 aliphatic rings. The van der Waals surface area contributed by atoms with Crippen LogP contribution < -0.4 is 5.32 Å². The maximum atomic E-state index is 12.4. The van der Waals surface area contributed by atoms with Crippen molar-refractivity contribution in [3.8, 4) is 0 Å². The molecule has 1 amide bonds. The van der Waals surface area contributed by atoms with Gasteiger partial charge in [0, 0.05) is 16.2 Å². The van der Waals surface area contributed by atoms with Gasteiger partial charge in [-0.1, -0.05) is 18.2 Å². The molecule has 0 fully saturated rings. The van der Waals surface area contributed by atoms with Crippen molar-refractivity contribution < 1.29 is 14.3 Å². The fourth-order valence-corrected chi connectivity index (χ4v) is 3.43. The zero-order valence-corrected chi connectivity index (χ0v) is 14.7. The number of carbonyl (C=O) groups excluding carboxylic acids is 2. The number of carbonyl (C=O) groups is 2. The van der Waals surface area contributed by atoms with Crippen molar-refractivity contribution in [2.45, 2.75) is 18.2 Å². The predicted molar refractivity (Wildman–Crippen MR) is 94.8 cm³/mol. The second kappa shape index (κ2) is 8.74. The van der Waals surface area contributed by atoms with Gasteiger partial charge in [0.15, 0.2) is 0 Å². The van der Waals surface area contributed by atoms with Gasteiger partial charge in [-0.15, -0.1) is 11.3 Å². The number of ether oxygens (including phenoxy) is 1. The Morgan fingerprint density at radius 2 is 2.00 bits per heavy atom. The monoisotopic (exact) mass is 349 g/mol. The molecule has 0 saturated heterocycles. The molecular formula is C17H19NO3S2. The van der Waals surface area contributed by atoms with Crippen molar-refractivity contribution in [3.05, 3.63) is 57.8 Å². The number of hydrogen-bond donors (Lipinski definition) is 1. The number of thioether (sulfide) groups is 1. The Bertz CT molecular complexity index is 638. The molecule has 23 heavy (non-hydrogen) atoms. The maximum Gasteiger partial charge on any atom is 0.307 e. The molecule has 6 heteroatoms. The summed E-state index contributed by atoms with van der Waals surface area (Å²) in [5.41, 5.74) is 1.76. The minimum atomic E-state index is -0.374. The zero-order valence-electron chi connectivity index (χ0n) is 13.1. The molecule has 1 heterocycles. The molecule has 122 valence electrons. The number of methoxy groups -OCH3 is 1. The van der Waals surface area contributed by atoms with E-state index in [-0.39, 0.29) is 24.3 Å². The average Bonchev–Trinajstić information content (AvgIpc) is 3.09. The van der Waals surface area contributed by atoms with Crippen molar-refractivity contribution >= 4 is 35.0 Å². The second-order valence-electron chi connectivity index (χ2n) is 4.95. The van der Waals surface area contributed by atoms with E-state index in [1.54, 1.807) is 11.8 Å². The number of esters is 1. The molecular weight excluding hydrogens is 330 g/mol. The van der Waals surface area contributed by atoms with E-state index < -0.39 is 0 Å². The van der Waals surface area contributed by atoms with Crippen LogP contribution in [0.3, 0.4) is 0 Å². The Kier molecular flexibility index (Phi) is 6.67. The van der Waals surface area contributed by atoms with E-state index in [9.17, 15) is 9.59 Å². The molecule has 1 aromatic heterocycles. The summed E-state index contributed by atoms with van der Waals surface area (Å²) in [6.45, 7) is 0. The van der Waals surface area contributed by atoms with Crippen LogP contribution in [0.1, 0.15) is 33.3 Å². The Morgan fingerprint density at radius 1 is 1.26 bits per heavy atom. The summed E-state index contributed by atoms with van der Waals surface area (Å²) in [6.07, 6.45) is 2.16. The topological polar surface area (TPSA) is 55.4 Å². The fraction of sp³-hybridized carbons (Fsp3) is 0.294. The van der Waals surface area contributed by atoms with E-state index in [0.717, 1.165) is 10.6 Å². The van der Waals surface area contributed by atoms with Gasteiger partial charge in [0.2, 0.25) is 0 Å². The summed E-state index contributed by atoms with van der Waals surface area (Å²) in [5.74, 6) is 0.379. The first-order valence-electron chi connectivity index (χ1n) is 7.13. The number of hydrogen-bond acceptors (Lipinski definition) is 5. The third-order valence-electron chi connectivity index (χ3n) is 3.32. The average molecular weight is 349 g/mol. The van der Waals surface area contributed by atoms with E-state index in [2.05, 4.69) is 5.32 Å². The second-order valence-corrected chi connectivity index (χ2v) is 6.80. The molecule has 2 aromatic rings. The Hall–Kier alpha value is -1.79. The van der Waals surface area contributed by atoms with Gasteiger partial charge < -0.3 is 10.1 Å². The minimum Gasteiger partial charge on any atom is -0.469 e. The highest BCUT2D eigenvalue weighted by molar-refractivity contribution is 7.97. The SMILES string of the molecule is COC(=O)CC(NC(=O)c1ccc(CSC)cc1)c1cccs1. The van der Waals surface area contributed by atoms with Crippen LogP contribution >= 0.6 is 23.1 Å². The molecule has 0 aliphatic carbocycles. The maximum absolute atomic E-state index is 12.4. The van der Waals surface area contributed by atoms with Crippen LogP contribution in [-0.2, 0) is 15.3 Å². The van der Waals surface area contributed by atoms with Crippen LogP contribution in [-0.4, -0.2) is 25.2 Å². The van der Waals surface area contributed by atoms with Gasteiger partial charge >= 0.3 is 5.97 Å². The summed E-state index contributed by atoms with van der Waals surface area (Å²) in [5, 5.41) is 4.84. The number of nitrogens with one attached hydrogen (secondary N) is 1. The Balaban J connectivity index is 2.09. The van der Waals surface area contributed by atoms with Gasteiger partial charge in [-0.05, 0) is 35.4 Å². The van der Waals surface area contributed by atoms with Crippen LogP contribution in [0.15, 0.2) is 41.8 Å². The number of benzene rings is 1. The normalized spacial score (nSPS) is 11.7. The highest BCUT2D eigenvalue weighted by Gasteiger charge is 2.20. The van der Waals surface area contributed by atoms with E-state index in [1.165, 1.54) is 24.0 Å². The Morgan fingerprint density at radius 3 is 2.57 bits per heavy atom. The van der Waals surface area contributed by atoms with Crippen molar-refractivity contribution in [1.82, 2.24) is 5.32 Å². The van der Waals surface area contributed by atoms with Crippen LogP contribution in [0.25, 0.3) is 0 Å². The van der Waals surface area contributed by atoms with Crippen LogP contribution in [0, 0.1) is 0 Å². The molecule has 4 nitrogen and oxygen atoms in total. The van der Waals surface area contributed by atoms with E-state index in [4.69, 9.17) is 4.74 Å². The summed E-state index contributed by atoms with van der Waals surface area (Å²) >= 11 is 3.24. The molecule has 0 radical (unpaired) electrons. The van der Waals surface area contributed by atoms with Crippen LogP contribution in [0.2, 0.25) is 0 Å². The lowest BCUT2D eigenvalue weighted by Gasteiger charge is -2.16. The van der Waals surface area contributed by atoms with Crippen molar-refractivity contribution in [2.24, 2.45) is 0 Å². The standard InChI is InChI=1S/C17H19NO3S2/c1-21-16(19)10-14(15-4-3-9-23-15)18-17(20)13-7-5-12(6-8-13)11-22-2/h3-9,14H,10-11H2,1-2H3,(H,18,20). The summed E-state index contributed by atoms with van der Waals surface area (Å²) in [7, 11) is 1.35. The lowest BCUT2D eigenvalue weighted by Crippen LogP contribution is -2.30. The molecule has 0 bridgehead atoms. The van der Waals surface area contributed by atoms with E-state index >= 15 is 0 Å². The van der Waals surface area contributed by atoms with Crippen LogP contribution in [0.4, 0.5) is 0 Å². The van der Waals surface area contributed by atoms with Gasteiger partial charge in [-0.25, -0.2) is 0 Å². The first-order chi connectivity index (χ1) is 11.1. The lowest BCUT2D eigenvalue weighted by atomic mass is 10.1. The van der Waals surface area contributed by atoms with Gasteiger partial charge in [0.25, 0.3) is 5.91 Å². The number of amides is 1. The van der Waals surface area contributed by atoms with Gasteiger partial charge in [0.1, 0.15) is 0 Å². The number of rotatable bonds is 7. The molecule has 1 N–H and O–H groups in total. The van der Waals surface area contributed by atoms with E-state index in [0.29, 0.717) is 5.56 Å². The summed E-state index contributed by atoms with van der Waals surface area (Å²) in [6, 6.07) is 10.9. The molecule has 1 atom stereocenters. The quantitative estimate of drug-likeness (QED) is 0.775. The summed E-state index contributed by atoms with van der Waals surface area (Å²) < 4.78 is 4.72. The molecule has 0 aliphatic heterocycles. The van der Waals surface area contributed by atoms with Gasteiger partial charge in [-0.2, -0.15) is 11.8 Å². The first kappa shape index (κ1) is 17.6. The van der Waals surface area contributed by atoms with Crippen molar-refractivity contribution in [3.63, 3.8) is 0 Å². The Labute approximate surface area is 144 Å². The van der Waals surface area contributed by atoms with Crippen molar-refractivity contribution in [1.29, 1.82) is 0 Å². The third kappa shape index (κ3) is 5.11. The number of thiophene rings is 1. The van der Waals surface area contributed by atoms with E-state index in [1.807, 2.05) is 48.0 Å². The van der Waals surface area contributed by atoms with Gasteiger partial charge in [0.05, 0.1) is 19.6 Å². The molecule has 2 rings (SSSR count). The molecule has 1 unspecified atom stereocenters. The minimum absolute atomic E-state index is 0.118. The smallest absolute Gasteiger partial charge is 0.307 e. The first-order valence-corrected chi connectivity index (χ1v) is 9.40. The molecule has 0 saturated carbocycles. The fourth-order valence-electron chi connectivity index (χ4n) is 2.12. The predicted octanol–water partition coefficient (Wildman–Crippen LogP) is 3.65. The lowest BCUT2D eigenvalue weighted by molar-refractivity contribution is -0.141. The third-order valence-corrected chi connectivity index (χ3v) is 4.93. The largest absolute Gasteiger partial charge is 0.469 e. The highest BCUT2D eigenvalue weighted by Crippen LogP contribution is 2.23. The van der Waals surface area contributed by atoms with Gasteiger partial charge in [-0.3, -0.25) is 9.59 Å². The molecule has 1 aromatic carbocycles. The summed E-state index contributed by atoms with van der Waals surface area (Å²) in [4.78, 5) is 24.9. The van der Waals surface area contributed by atoms with Crippen LogP contribution in [0.5, 0.6) is 0 Å².